The molecule has 1 aliphatic heterocycles. The van der Waals surface area contributed by atoms with Crippen LogP contribution in [0.2, 0.25) is 0 Å². The molecule has 1 aliphatic rings. The first kappa shape index (κ1) is 15.5. The molecule has 0 radical (unpaired) electrons. The molecule has 1 fully saturated rings. The quantitative estimate of drug-likeness (QED) is 0.850. The van der Waals surface area contributed by atoms with Crippen molar-refractivity contribution in [1.82, 2.24) is 4.90 Å². The van der Waals surface area contributed by atoms with E-state index in [0.29, 0.717) is 24.4 Å². The zero-order valence-corrected chi connectivity index (χ0v) is 12.4. The van der Waals surface area contributed by atoms with E-state index >= 15 is 0 Å². The van der Waals surface area contributed by atoms with E-state index in [1.807, 2.05) is 6.92 Å². The summed E-state index contributed by atoms with van der Waals surface area (Å²) in [4.78, 5) is 14.1. The normalized spacial score (nSPS) is 21.0. The van der Waals surface area contributed by atoms with E-state index in [1.54, 1.807) is 11.0 Å². The van der Waals surface area contributed by atoms with Crippen molar-refractivity contribution in [2.75, 3.05) is 13.2 Å². The third-order valence-corrected chi connectivity index (χ3v) is 3.71. The number of hydrogen-bond donors (Lipinski definition) is 1. The fourth-order valence-corrected chi connectivity index (χ4v) is 2.72. The summed E-state index contributed by atoms with van der Waals surface area (Å²) in [7, 11) is 0. The van der Waals surface area contributed by atoms with Gasteiger partial charge in [0.25, 0.3) is 5.91 Å². The Balaban J connectivity index is 2.18. The molecule has 1 heterocycles. The number of hydrogen-bond acceptors (Lipinski definition) is 2. The summed E-state index contributed by atoms with van der Waals surface area (Å²) in [6.45, 7) is 4.75. The largest absolute Gasteiger partial charge is 0.395 e. The van der Waals surface area contributed by atoms with Gasteiger partial charge in [-0.3, -0.25) is 4.79 Å². The molecule has 21 heavy (non-hydrogen) atoms. The van der Waals surface area contributed by atoms with Crippen LogP contribution in [0.5, 0.6) is 0 Å². The van der Waals surface area contributed by atoms with Crippen LogP contribution in [0.1, 0.15) is 42.6 Å². The Morgan fingerprint density at radius 1 is 1.48 bits per heavy atom. The summed E-state index contributed by atoms with van der Waals surface area (Å²) in [5.74, 6) is 5.16. The molecule has 1 aromatic rings. The average molecular weight is 289 g/mol. The van der Waals surface area contributed by atoms with Crippen LogP contribution in [-0.4, -0.2) is 35.1 Å². The highest BCUT2D eigenvalue weighted by molar-refractivity contribution is 5.95. The zero-order chi connectivity index (χ0) is 15.4. The maximum atomic E-state index is 14.1. The van der Waals surface area contributed by atoms with E-state index < -0.39 is 5.82 Å². The smallest absolute Gasteiger partial charge is 0.257 e. The maximum absolute atomic E-state index is 14.1. The number of likely N-dealkylation sites (tertiary alicyclic amines) is 1. The van der Waals surface area contributed by atoms with Gasteiger partial charge >= 0.3 is 0 Å². The Hall–Kier alpha value is -1.86. The van der Waals surface area contributed by atoms with Crippen LogP contribution in [0.25, 0.3) is 0 Å². The summed E-state index contributed by atoms with van der Waals surface area (Å²) < 4.78 is 14.1. The fourth-order valence-electron chi connectivity index (χ4n) is 2.72. The summed E-state index contributed by atoms with van der Waals surface area (Å²) in [5.41, 5.74) is 0.615. The molecule has 1 N–H and O–H groups in total. The standard InChI is InChI=1S/C17H20FNO2/c1-12-9-13(2)19(11-12)17(21)15-7-6-14(10-16(15)18)5-3-4-8-20/h6-7,10,12-13,20H,4,8-9,11H2,1-2H3. The molecule has 0 aromatic heterocycles. The van der Waals surface area contributed by atoms with E-state index in [-0.39, 0.29) is 24.1 Å². The highest BCUT2D eigenvalue weighted by Gasteiger charge is 2.31. The van der Waals surface area contributed by atoms with Crippen LogP contribution in [0.15, 0.2) is 18.2 Å². The van der Waals surface area contributed by atoms with Crippen LogP contribution in [0.4, 0.5) is 4.39 Å². The number of carbonyl (C=O) groups is 1. The summed E-state index contributed by atoms with van der Waals surface area (Å²) in [5, 5.41) is 8.66. The van der Waals surface area contributed by atoms with Gasteiger partial charge in [0.05, 0.1) is 12.2 Å². The molecule has 112 valence electrons. The Morgan fingerprint density at radius 2 is 2.24 bits per heavy atom. The zero-order valence-electron chi connectivity index (χ0n) is 12.4. The predicted molar refractivity (Wildman–Crippen MR) is 79.3 cm³/mol. The van der Waals surface area contributed by atoms with Crippen molar-refractivity contribution in [1.29, 1.82) is 0 Å². The highest BCUT2D eigenvalue weighted by atomic mass is 19.1. The van der Waals surface area contributed by atoms with Crippen molar-refractivity contribution in [2.45, 2.75) is 32.7 Å². The van der Waals surface area contributed by atoms with Crippen molar-refractivity contribution < 1.29 is 14.3 Å². The maximum Gasteiger partial charge on any atom is 0.257 e. The molecule has 2 atom stereocenters. The molecular formula is C17H20FNO2. The third kappa shape index (κ3) is 3.62. The van der Waals surface area contributed by atoms with Crippen molar-refractivity contribution in [2.24, 2.45) is 5.92 Å². The van der Waals surface area contributed by atoms with E-state index in [4.69, 9.17) is 5.11 Å². The van der Waals surface area contributed by atoms with Gasteiger partial charge in [-0.15, -0.1) is 0 Å². The lowest BCUT2D eigenvalue weighted by molar-refractivity contribution is 0.0739. The van der Waals surface area contributed by atoms with Crippen LogP contribution in [0, 0.1) is 23.6 Å². The number of benzene rings is 1. The Labute approximate surface area is 124 Å². The number of halogens is 1. The Kier molecular flexibility index (Phi) is 4.98. The van der Waals surface area contributed by atoms with Crippen molar-refractivity contribution >= 4 is 5.91 Å². The van der Waals surface area contributed by atoms with E-state index in [9.17, 15) is 9.18 Å². The minimum absolute atomic E-state index is 0.0168. The molecule has 1 saturated heterocycles. The van der Waals surface area contributed by atoms with Crippen molar-refractivity contribution in [3.8, 4) is 11.8 Å². The summed E-state index contributed by atoms with van der Waals surface area (Å²) in [6.07, 6.45) is 1.31. The van der Waals surface area contributed by atoms with Gasteiger partial charge in [-0.1, -0.05) is 18.8 Å². The molecule has 0 spiro atoms. The van der Waals surface area contributed by atoms with E-state index in [1.165, 1.54) is 12.1 Å². The fraction of sp³-hybridized carbons (Fsp3) is 0.471. The van der Waals surface area contributed by atoms with Crippen LogP contribution in [0.3, 0.4) is 0 Å². The van der Waals surface area contributed by atoms with Gasteiger partial charge in [0, 0.05) is 24.6 Å². The van der Waals surface area contributed by atoms with E-state index in [2.05, 4.69) is 18.8 Å². The van der Waals surface area contributed by atoms with Gasteiger partial charge in [-0.2, -0.15) is 0 Å². The number of nitrogens with zero attached hydrogens (tertiary/aromatic N) is 1. The highest BCUT2D eigenvalue weighted by Crippen LogP contribution is 2.25. The second-order valence-electron chi connectivity index (χ2n) is 5.62. The number of aliphatic hydroxyl groups is 1. The van der Waals surface area contributed by atoms with Gasteiger partial charge in [0.15, 0.2) is 0 Å². The second kappa shape index (κ2) is 6.73. The summed E-state index contributed by atoms with van der Waals surface area (Å²) in [6, 6.07) is 4.57. The van der Waals surface area contributed by atoms with Crippen molar-refractivity contribution in [3.63, 3.8) is 0 Å². The topological polar surface area (TPSA) is 40.5 Å². The number of amides is 1. The molecule has 2 unspecified atom stereocenters. The minimum Gasteiger partial charge on any atom is -0.395 e. The lowest BCUT2D eigenvalue weighted by atomic mass is 10.1. The van der Waals surface area contributed by atoms with Crippen LogP contribution >= 0.6 is 0 Å². The molecular weight excluding hydrogens is 269 g/mol. The van der Waals surface area contributed by atoms with Crippen LogP contribution in [-0.2, 0) is 0 Å². The number of carbonyl (C=O) groups excluding carboxylic acids is 1. The average Bonchev–Trinajstić information content (AvgIpc) is 2.77. The third-order valence-electron chi connectivity index (χ3n) is 3.71. The molecule has 1 aromatic carbocycles. The summed E-state index contributed by atoms with van der Waals surface area (Å²) >= 11 is 0. The first-order chi connectivity index (χ1) is 10.0. The van der Waals surface area contributed by atoms with Gasteiger partial charge in [-0.25, -0.2) is 4.39 Å². The lowest BCUT2D eigenvalue weighted by Crippen LogP contribution is -2.34. The lowest BCUT2D eigenvalue weighted by Gasteiger charge is -2.21. The molecule has 0 bridgehead atoms. The van der Waals surface area contributed by atoms with Gasteiger partial charge in [0.2, 0.25) is 0 Å². The van der Waals surface area contributed by atoms with E-state index in [0.717, 1.165) is 6.42 Å². The molecule has 4 heteroatoms. The Bertz CT molecular complexity index is 588. The molecule has 2 rings (SSSR count). The predicted octanol–water partition coefficient (Wildman–Crippen LogP) is 2.43. The van der Waals surface area contributed by atoms with Gasteiger partial charge < -0.3 is 10.0 Å². The molecule has 0 saturated carbocycles. The van der Waals surface area contributed by atoms with Crippen LogP contribution < -0.4 is 0 Å². The van der Waals surface area contributed by atoms with Gasteiger partial charge in [-0.05, 0) is 37.5 Å². The van der Waals surface area contributed by atoms with Gasteiger partial charge in [0.1, 0.15) is 5.82 Å². The first-order valence-electron chi connectivity index (χ1n) is 7.23. The molecule has 0 aliphatic carbocycles. The number of aliphatic hydroxyl groups excluding tert-OH is 1. The SMILES string of the molecule is CC1CC(C)N(C(=O)c2ccc(C#CCCO)cc2F)C1. The Morgan fingerprint density at radius 3 is 2.81 bits per heavy atom. The monoisotopic (exact) mass is 289 g/mol. The number of rotatable bonds is 2. The second-order valence-corrected chi connectivity index (χ2v) is 5.62. The molecule has 3 nitrogen and oxygen atoms in total. The first-order valence-corrected chi connectivity index (χ1v) is 7.23. The minimum atomic E-state index is -0.539. The van der Waals surface area contributed by atoms with Crippen molar-refractivity contribution in [3.05, 3.63) is 35.1 Å². The molecule has 1 amide bonds.